The van der Waals surface area contributed by atoms with Crippen molar-refractivity contribution in [1.29, 1.82) is 0 Å². The van der Waals surface area contributed by atoms with E-state index in [4.69, 9.17) is 0 Å². The Hall–Kier alpha value is -2.96. The largest absolute Gasteiger partial charge is 0.356 e. The van der Waals surface area contributed by atoms with E-state index in [1.54, 1.807) is 10.9 Å². The predicted octanol–water partition coefficient (Wildman–Crippen LogP) is 2.86. The Balaban J connectivity index is 1.75. The Kier molecular flexibility index (Phi) is 5.69. The highest BCUT2D eigenvalue weighted by molar-refractivity contribution is 5.87. The molecule has 0 aliphatic heterocycles. The number of aromatic nitrogens is 4. The molecule has 0 radical (unpaired) electrons. The molecule has 27 heavy (non-hydrogen) atoms. The molecular formula is C20H26N6O. The number of carbonyl (C=O) groups excluding carboxylic acids is 1. The lowest BCUT2D eigenvalue weighted by atomic mass is 10.1. The van der Waals surface area contributed by atoms with Crippen LogP contribution >= 0.6 is 0 Å². The van der Waals surface area contributed by atoms with Gasteiger partial charge in [0, 0.05) is 13.1 Å². The van der Waals surface area contributed by atoms with Gasteiger partial charge in [-0.05, 0) is 33.3 Å². The number of amides is 1. The molecule has 0 aliphatic carbocycles. The third-order valence-corrected chi connectivity index (χ3v) is 4.72. The molecule has 0 spiro atoms. The second-order valence-corrected chi connectivity index (χ2v) is 6.61. The second-order valence-electron chi connectivity index (χ2n) is 6.61. The van der Waals surface area contributed by atoms with Crippen molar-refractivity contribution in [2.45, 2.75) is 40.3 Å². The molecule has 1 atom stereocenters. The summed E-state index contributed by atoms with van der Waals surface area (Å²) in [6, 6.07) is 8.09. The number of nitrogens with zero attached hydrogens (tertiary/aromatic N) is 5. The molecule has 1 amide bonds. The topological polar surface area (TPSA) is 75.9 Å². The lowest BCUT2D eigenvalue weighted by Gasteiger charge is -2.19. The normalized spacial score (nSPS) is 12.1. The van der Waals surface area contributed by atoms with E-state index in [9.17, 15) is 4.79 Å². The van der Waals surface area contributed by atoms with Gasteiger partial charge in [-0.15, -0.1) is 0 Å². The summed E-state index contributed by atoms with van der Waals surface area (Å²) < 4.78 is 1.63. The minimum Gasteiger partial charge on any atom is -0.356 e. The quantitative estimate of drug-likeness (QED) is 0.696. The van der Waals surface area contributed by atoms with Gasteiger partial charge in [-0.2, -0.15) is 5.10 Å². The summed E-state index contributed by atoms with van der Waals surface area (Å²) in [5, 5.41) is 8.25. The number of anilines is 1. The van der Waals surface area contributed by atoms with Gasteiger partial charge >= 0.3 is 0 Å². The minimum atomic E-state index is -0.101. The molecule has 1 N–H and O–H groups in total. The summed E-state index contributed by atoms with van der Waals surface area (Å²) in [7, 11) is 0. The van der Waals surface area contributed by atoms with Crippen molar-refractivity contribution in [3.63, 3.8) is 0 Å². The Morgan fingerprint density at radius 3 is 2.56 bits per heavy atom. The van der Waals surface area contributed by atoms with E-state index in [1.807, 2.05) is 38.1 Å². The average molecular weight is 366 g/mol. The van der Waals surface area contributed by atoms with Gasteiger partial charge in [0.25, 0.3) is 0 Å². The highest BCUT2D eigenvalue weighted by Gasteiger charge is 2.16. The van der Waals surface area contributed by atoms with E-state index in [0.29, 0.717) is 5.65 Å². The first kappa shape index (κ1) is 18.8. The molecule has 1 unspecified atom stereocenters. The molecule has 3 rings (SSSR count). The molecule has 2 heterocycles. The Morgan fingerprint density at radius 2 is 1.89 bits per heavy atom. The van der Waals surface area contributed by atoms with Gasteiger partial charge in [-0.1, -0.05) is 29.8 Å². The molecule has 0 saturated carbocycles. The van der Waals surface area contributed by atoms with Gasteiger partial charge in [0.2, 0.25) is 5.91 Å². The first-order valence-corrected chi connectivity index (χ1v) is 9.30. The zero-order valence-corrected chi connectivity index (χ0v) is 16.3. The average Bonchev–Trinajstić information content (AvgIpc) is 3.07. The van der Waals surface area contributed by atoms with Gasteiger partial charge < -0.3 is 10.2 Å². The summed E-state index contributed by atoms with van der Waals surface area (Å²) in [5.41, 5.74) is 2.94. The smallest absolute Gasteiger partial charge is 0.242 e. The van der Waals surface area contributed by atoms with Crippen molar-refractivity contribution in [2.24, 2.45) is 0 Å². The van der Waals surface area contributed by atoms with Crippen molar-refractivity contribution in [3.05, 3.63) is 47.9 Å². The second kappa shape index (κ2) is 8.16. The first-order valence-electron chi connectivity index (χ1n) is 9.30. The maximum absolute atomic E-state index is 12.5. The molecule has 0 fully saturated rings. The van der Waals surface area contributed by atoms with E-state index in [1.165, 1.54) is 11.9 Å². The van der Waals surface area contributed by atoms with Crippen LogP contribution in [0, 0.1) is 6.92 Å². The van der Waals surface area contributed by atoms with E-state index >= 15 is 0 Å². The van der Waals surface area contributed by atoms with Crippen LogP contribution in [0.25, 0.3) is 11.0 Å². The fraction of sp³-hybridized carbons (Fsp3) is 0.400. The molecule has 7 nitrogen and oxygen atoms in total. The Morgan fingerprint density at radius 1 is 1.19 bits per heavy atom. The van der Waals surface area contributed by atoms with E-state index in [2.05, 4.69) is 39.1 Å². The number of aryl methyl sites for hydroxylation is 1. The number of nitrogens with one attached hydrogen (secondary N) is 1. The van der Waals surface area contributed by atoms with Gasteiger partial charge in [0.15, 0.2) is 5.65 Å². The van der Waals surface area contributed by atoms with E-state index in [0.717, 1.165) is 29.9 Å². The van der Waals surface area contributed by atoms with Crippen LogP contribution in [0.2, 0.25) is 0 Å². The monoisotopic (exact) mass is 366 g/mol. The number of hydrogen-bond acceptors (Lipinski definition) is 5. The Labute approximate surface area is 159 Å². The Bertz CT molecular complexity index is 914. The summed E-state index contributed by atoms with van der Waals surface area (Å²) >= 11 is 0. The zero-order valence-electron chi connectivity index (χ0n) is 16.3. The summed E-state index contributed by atoms with van der Waals surface area (Å²) in [4.78, 5) is 23.4. The summed E-state index contributed by atoms with van der Waals surface area (Å²) in [6.45, 7) is 10.0. The van der Waals surface area contributed by atoms with Gasteiger partial charge in [0.1, 0.15) is 18.7 Å². The fourth-order valence-electron chi connectivity index (χ4n) is 3.13. The number of fused-ring (bicyclic) bond motifs is 1. The first-order chi connectivity index (χ1) is 13.0. The number of rotatable bonds is 7. The van der Waals surface area contributed by atoms with Crippen LogP contribution in [0.4, 0.5) is 5.82 Å². The molecule has 2 aromatic heterocycles. The van der Waals surface area contributed by atoms with Crippen molar-refractivity contribution in [1.82, 2.24) is 25.1 Å². The molecule has 7 heteroatoms. The molecule has 0 aliphatic rings. The molecule has 0 bridgehead atoms. The van der Waals surface area contributed by atoms with Gasteiger partial charge in [-0.3, -0.25) is 4.79 Å². The van der Waals surface area contributed by atoms with Crippen molar-refractivity contribution < 1.29 is 4.79 Å². The van der Waals surface area contributed by atoms with Crippen molar-refractivity contribution >= 4 is 22.8 Å². The van der Waals surface area contributed by atoms with Crippen molar-refractivity contribution in [3.8, 4) is 0 Å². The van der Waals surface area contributed by atoms with Crippen LogP contribution in [0.5, 0.6) is 0 Å². The van der Waals surface area contributed by atoms with Crippen LogP contribution < -0.4 is 10.2 Å². The molecule has 1 aromatic carbocycles. The molecule has 142 valence electrons. The van der Waals surface area contributed by atoms with Crippen molar-refractivity contribution in [2.75, 3.05) is 18.0 Å². The van der Waals surface area contributed by atoms with Crippen LogP contribution in [-0.4, -0.2) is 38.7 Å². The number of benzene rings is 1. The molecular weight excluding hydrogens is 340 g/mol. The van der Waals surface area contributed by atoms with Crippen LogP contribution in [0.15, 0.2) is 36.8 Å². The lowest BCUT2D eigenvalue weighted by molar-refractivity contribution is -0.122. The lowest BCUT2D eigenvalue weighted by Crippen LogP contribution is -2.30. The molecule has 0 saturated heterocycles. The zero-order chi connectivity index (χ0) is 19.4. The highest BCUT2D eigenvalue weighted by Crippen LogP contribution is 2.22. The van der Waals surface area contributed by atoms with Gasteiger partial charge in [-0.25, -0.2) is 14.6 Å². The third kappa shape index (κ3) is 4.07. The van der Waals surface area contributed by atoms with Crippen LogP contribution in [-0.2, 0) is 11.3 Å². The maximum Gasteiger partial charge on any atom is 0.242 e. The number of hydrogen-bond donors (Lipinski definition) is 1. The standard InChI is InChI=1S/C20H26N6O/c1-5-25(6-2)19-17-11-23-26(20(17)22-13-21-19)12-18(27)24-15(4)16-9-7-14(3)8-10-16/h7-11,13,15H,5-6,12H2,1-4H3,(H,24,27). The van der Waals surface area contributed by atoms with Gasteiger partial charge in [0.05, 0.1) is 17.6 Å². The predicted molar refractivity (Wildman–Crippen MR) is 107 cm³/mol. The molecule has 3 aromatic rings. The SMILES string of the molecule is CCN(CC)c1ncnc2c1cnn2CC(=O)NC(C)c1ccc(C)cc1. The summed E-state index contributed by atoms with van der Waals surface area (Å²) in [6.07, 6.45) is 3.26. The highest BCUT2D eigenvalue weighted by atomic mass is 16.2. The van der Waals surface area contributed by atoms with E-state index < -0.39 is 0 Å². The summed E-state index contributed by atoms with van der Waals surface area (Å²) in [5.74, 6) is 0.751. The minimum absolute atomic E-state index is 0.0687. The third-order valence-electron chi connectivity index (χ3n) is 4.72. The van der Waals surface area contributed by atoms with E-state index in [-0.39, 0.29) is 18.5 Å². The number of carbonyl (C=O) groups is 1. The van der Waals surface area contributed by atoms with Crippen LogP contribution in [0.3, 0.4) is 0 Å². The fourth-order valence-corrected chi connectivity index (χ4v) is 3.13. The van der Waals surface area contributed by atoms with Crippen LogP contribution in [0.1, 0.15) is 37.9 Å². The maximum atomic E-state index is 12.5.